The first-order valence-corrected chi connectivity index (χ1v) is 6.43. The van der Waals surface area contributed by atoms with Crippen LogP contribution in [0, 0.1) is 23.7 Å². The van der Waals surface area contributed by atoms with Gasteiger partial charge in [-0.1, -0.05) is 60.8 Å². The molecule has 14 heavy (non-hydrogen) atoms. The van der Waals surface area contributed by atoms with E-state index in [9.17, 15) is 0 Å². The first kappa shape index (κ1) is 14.0. The summed E-state index contributed by atoms with van der Waals surface area (Å²) < 4.78 is 0. The van der Waals surface area contributed by atoms with Gasteiger partial charge in [-0.15, -0.1) is 0 Å². The van der Waals surface area contributed by atoms with E-state index in [0.29, 0.717) is 0 Å². The van der Waals surface area contributed by atoms with Crippen molar-refractivity contribution in [2.75, 3.05) is 0 Å². The lowest BCUT2D eigenvalue weighted by atomic mass is 9.89. The van der Waals surface area contributed by atoms with Gasteiger partial charge in [-0.05, 0) is 30.1 Å². The molecule has 0 heteroatoms. The van der Waals surface area contributed by atoms with Crippen LogP contribution in [0.15, 0.2) is 0 Å². The molecule has 86 valence electrons. The van der Waals surface area contributed by atoms with Crippen LogP contribution in [0.4, 0.5) is 0 Å². The predicted molar refractivity (Wildman–Crippen MR) is 66.5 cm³/mol. The fourth-order valence-electron chi connectivity index (χ4n) is 2.04. The third kappa shape index (κ3) is 7.41. The third-order valence-corrected chi connectivity index (χ3v) is 3.37. The normalized spacial score (nSPS) is 16.3. The fourth-order valence-corrected chi connectivity index (χ4v) is 2.04. The summed E-state index contributed by atoms with van der Waals surface area (Å²) in [5.74, 6) is 3.55. The zero-order chi connectivity index (χ0) is 11.1. The highest BCUT2D eigenvalue weighted by Crippen LogP contribution is 2.21. The van der Waals surface area contributed by atoms with Crippen molar-refractivity contribution < 1.29 is 0 Å². The van der Waals surface area contributed by atoms with Gasteiger partial charge in [0.05, 0.1) is 0 Å². The number of rotatable bonds is 7. The standard InChI is InChI=1S/C14H30/c1-11(2)10-13(5)8-7-9-14(6)12(3)4/h11-14H,7-10H2,1-6H3. The van der Waals surface area contributed by atoms with Crippen LogP contribution in [0.5, 0.6) is 0 Å². The van der Waals surface area contributed by atoms with E-state index in [1.807, 2.05) is 0 Å². The lowest BCUT2D eigenvalue weighted by Crippen LogP contribution is -2.05. The minimum absolute atomic E-state index is 0.857. The van der Waals surface area contributed by atoms with Crippen molar-refractivity contribution >= 4 is 0 Å². The van der Waals surface area contributed by atoms with Crippen LogP contribution >= 0.6 is 0 Å². The average molecular weight is 198 g/mol. The maximum atomic E-state index is 2.40. The van der Waals surface area contributed by atoms with E-state index in [1.54, 1.807) is 0 Å². The van der Waals surface area contributed by atoms with Gasteiger partial charge in [-0.25, -0.2) is 0 Å². The van der Waals surface area contributed by atoms with Gasteiger partial charge in [-0.3, -0.25) is 0 Å². The molecule has 0 aliphatic heterocycles. The van der Waals surface area contributed by atoms with Gasteiger partial charge in [0.25, 0.3) is 0 Å². The molecule has 2 atom stereocenters. The molecule has 0 nitrogen and oxygen atoms in total. The van der Waals surface area contributed by atoms with E-state index >= 15 is 0 Å². The van der Waals surface area contributed by atoms with Gasteiger partial charge in [0, 0.05) is 0 Å². The summed E-state index contributed by atoms with van der Waals surface area (Å²) >= 11 is 0. The zero-order valence-electron chi connectivity index (χ0n) is 11.1. The number of hydrogen-bond donors (Lipinski definition) is 0. The Hall–Kier alpha value is 0. The monoisotopic (exact) mass is 198 g/mol. The largest absolute Gasteiger partial charge is 0.0628 e. The minimum Gasteiger partial charge on any atom is -0.0628 e. The third-order valence-electron chi connectivity index (χ3n) is 3.37. The summed E-state index contributed by atoms with van der Waals surface area (Å²) in [4.78, 5) is 0. The van der Waals surface area contributed by atoms with Crippen molar-refractivity contribution in [1.29, 1.82) is 0 Å². The Kier molecular flexibility index (Phi) is 7.31. The van der Waals surface area contributed by atoms with E-state index in [-0.39, 0.29) is 0 Å². The summed E-state index contributed by atoms with van der Waals surface area (Å²) in [6.07, 6.45) is 5.67. The van der Waals surface area contributed by atoms with Crippen molar-refractivity contribution in [2.24, 2.45) is 23.7 Å². The SMILES string of the molecule is CC(C)CC(C)CCCC(C)C(C)C. The summed E-state index contributed by atoms with van der Waals surface area (Å²) in [6.45, 7) is 14.1. The molecule has 0 aliphatic carbocycles. The van der Waals surface area contributed by atoms with Gasteiger partial charge < -0.3 is 0 Å². The average Bonchev–Trinajstić information content (AvgIpc) is 2.02. The summed E-state index contributed by atoms with van der Waals surface area (Å²) in [5, 5.41) is 0. The molecule has 0 heterocycles. The fraction of sp³-hybridized carbons (Fsp3) is 1.00. The first-order valence-electron chi connectivity index (χ1n) is 6.43. The van der Waals surface area contributed by atoms with E-state index in [4.69, 9.17) is 0 Å². The van der Waals surface area contributed by atoms with Crippen LogP contribution in [0.25, 0.3) is 0 Å². The van der Waals surface area contributed by atoms with Crippen LogP contribution < -0.4 is 0 Å². The molecule has 0 rings (SSSR count). The quantitative estimate of drug-likeness (QED) is 0.532. The van der Waals surface area contributed by atoms with E-state index in [0.717, 1.165) is 23.7 Å². The molecule has 0 saturated carbocycles. The van der Waals surface area contributed by atoms with Gasteiger partial charge in [0.15, 0.2) is 0 Å². The summed E-state index contributed by atoms with van der Waals surface area (Å²) in [5.41, 5.74) is 0. The summed E-state index contributed by atoms with van der Waals surface area (Å²) in [6, 6.07) is 0. The molecule has 2 unspecified atom stereocenters. The van der Waals surface area contributed by atoms with Crippen LogP contribution in [0.2, 0.25) is 0 Å². The lowest BCUT2D eigenvalue weighted by molar-refractivity contribution is 0.343. The van der Waals surface area contributed by atoms with E-state index in [1.165, 1.54) is 25.7 Å². The lowest BCUT2D eigenvalue weighted by Gasteiger charge is -2.17. The molecule has 0 saturated heterocycles. The molecular formula is C14H30. The van der Waals surface area contributed by atoms with Gasteiger partial charge >= 0.3 is 0 Å². The molecule has 0 amide bonds. The summed E-state index contributed by atoms with van der Waals surface area (Å²) in [7, 11) is 0. The highest BCUT2D eigenvalue weighted by molar-refractivity contribution is 4.61. The predicted octanol–water partition coefficient (Wildman–Crippen LogP) is 5.13. The smallest absolute Gasteiger partial charge is 0.0420 e. The molecule has 0 aliphatic rings. The molecule has 0 aromatic rings. The maximum absolute atomic E-state index is 2.40. The van der Waals surface area contributed by atoms with Crippen LogP contribution in [-0.4, -0.2) is 0 Å². The first-order chi connectivity index (χ1) is 6.43. The van der Waals surface area contributed by atoms with Crippen molar-refractivity contribution in [3.05, 3.63) is 0 Å². The van der Waals surface area contributed by atoms with E-state index < -0.39 is 0 Å². The molecular weight excluding hydrogens is 168 g/mol. The van der Waals surface area contributed by atoms with Crippen molar-refractivity contribution in [2.45, 2.75) is 67.2 Å². The molecule has 0 N–H and O–H groups in total. The molecule has 0 aromatic heterocycles. The second-order valence-electron chi connectivity index (χ2n) is 5.89. The Morgan fingerprint density at radius 1 is 0.786 bits per heavy atom. The molecule has 0 radical (unpaired) electrons. The zero-order valence-corrected chi connectivity index (χ0v) is 11.1. The van der Waals surface area contributed by atoms with Crippen LogP contribution in [0.3, 0.4) is 0 Å². The second kappa shape index (κ2) is 7.31. The Balaban J connectivity index is 3.44. The van der Waals surface area contributed by atoms with Crippen molar-refractivity contribution in [3.63, 3.8) is 0 Å². The molecule has 0 aromatic carbocycles. The van der Waals surface area contributed by atoms with Crippen LogP contribution in [0.1, 0.15) is 67.2 Å². The number of hydrogen-bond acceptors (Lipinski definition) is 0. The van der Waals surface area contributed by atoms with Gasteiger partial charge in [-0.2, -0.15) is 0 Å². The maximum Gasteiger partial charge on any atom is -0.0420 e. The van der Waals surface area contributed by atoms with Crippen molar-refractivity contribution in [1.82, 2.24) is 0 Å². The molecule has 0 fully saturated rings. The molecule has 0 spiro atoms. The second-order valence-corrected chi connectivity index (χ2v) is 5.89. The molecule has 0 bridgehead atoms. The Morgan fingerprint density at radius 3 is 1.79 bits per heavy atom. The van der Waals surface area contributed by atoms with E-state index in [2.05, 4.69) is 41.5 Å². The van der Waals surface area contributed by atoms with Crippen molar-refractivity contribution in [3.8, 4) is 0 Å². The minimum atomic E-state index is 0.857. The Morgan fingerprint density at radius 2 is 1.36 bits per heavy atom. The van der Waals surface area contributed by atoms with Gasteiger partial charge in [0.1, 0.15) is 0 Å². The highest BCUT2D eigenvalue weighted by atomic mass is 14.1. The topological polar surface area (TPSA) is 0 Å². The Bertz CT molecular complexity index is 124. The highest BCUT2D eigenvalue weighted by Gasteiger charge is 2.09. The van der Waals surface area contributed by atoms with Crippen LogP contribution in [-0.2, 0) is 0 Å². The Labute approximate surface area is 91.5 Å². The van der Waals surface area contributed by atoms with Gasteiger partial charge in [0.2, 0.25) is 0 Å².